The topological polar surface area (TPSA) is 48.6 Å². The number of aryl methyl sites for hydroxylation is 1. The molecule has 0 spiro atoms. The van der Waals surface area contributed by atoms with Crippen LogP contribution in [0.2, 0.25) is 0 Å². The molecule has 0 aromatic carbocycles. The quantitative estimate of drug-likeness (QED) is 0.687. The van der Waals surface area contributed by atoms with E-state index in [-0.39, 0.29) is 5.56 Å². The zero-order valence-electron chi connectivity index (χ0n) is 7.23. The van der Waals surface area contributed by atoms with Crippen molar-refractivity contribution in [3.8, 4) is 0 Å². The Morgan fingerprint density at radius 2 is 2.08 bits per heavy atom. The minimum Gasteiger partial charge on any atom is -0.336 e. The Labute approximate surface area is 75.9 Å². The maximum atomic E-state index is 11.2. The van der Waals surface area contributed by atoms with Gasteiger partial charge < -0.3 is 4.98 Å². The molecule has 0 aliphatic rings. The lowest BCUT2D eigenvalue weighted by atomic mass is 10.2. The molecule has 0 fully saturated rings. The standard InChI is InChI=1S/C8H12N2OS/c1-3-4-6-5(2)7(11)10-8(12)9-6/h3-4H2,1-2H3,(H2,9,10,11,12). The maximum absolute atomic E-state index is 11.2. The SMILES string of the molecule is CCCc1[nH]c(=S)[nH]c(=O)c1C. The second-order valence-electron chi connectivity index (χ2n) is 2.76. The molecule has 2 N–H and O–H groups in total. The van der Waals surface area contributed by atoms with Gasteiger partial charge in [-0.2, -0.15) is 0 Å². The summed E-state index contributed by atoms with van der Waals surface area (Å²) in [4.78, 5) is 16.7. The highest BCUT2D eigenvalue weighted by Crippen LogP contribution is 2.00. The molecule has 0 aliphatic heterocycles. The molecule has 0 aliphatic carbocycles. The first-order valence-corrected chi connectivity index (χ1v) is 4.38. The van der Waals surface area contributed by atoms with Gasteiger partial charge in [0.05, 0.1) is 0 Å². The first-order valence-electron chi connectivity index (χ1n) is 3.97. The fourth-order valence-corrected chi connectivity index (χ4v) is 1.31. The lowest BCUT2D eigenvalue weighted by molar-refractivity contribution is 0.845. The summed E-state index contributed by atoms with van der Waals surface area (Å²) in [6, 6.07) is 0. The van der Waals surface area contributed by atoms with Crippen LogP contribution in [0.5, 0.6) is 0 Å². The molecule has 4 heteroatoms. The summed E-state index contributed by atoms with van der Waals surface area (Å²) in [5.74, 6) is 0. The zero-order valence-corrected chi connectivity index (χ0v) is 8.05. The Kier molecular flexibility index (Phi) is 2.81. The molecule has 0 bridgehead atoms. The summed E-state index contributed by atoms with van der Waals surface area (Å²) in [7, 11) is 0. The van der Waals surface area contributed by atoms with Crippen molar-refractivity contribution in [2.24, 2.45) is 0 Å². The summed E-state index contributed by atoms with van der Waals surface area (Å²) < 4.78 is 0.411. The second kappa shape index (κ2) is 3.67. The van der Waals surface area contributed by atoms with Gasteiger partial charge in [-0.1, -0.05) is 13.3 Å². The van der Waals surface area contributed by atoms with E-state index in [1.807, 2.05) is 0 Å². The molecule has 1 rings (SSSR count). The van der Waals surface area contributed by atoms with Gasteiger partial charge in [0.1, 0.15) is 0 Å². The van der Waals surface area contributed by atoms with Crippen LogP contribution < -0.4 is 5.56 Å². The van der Waals surface area contributed by atoms with Crippen molar-refractivity contribution < 1.29 is 0 Å². The van der Waals surface area contributed by atoms with E-state index in [2.05, 4.69) is 16.9 Å². The number of aromatic nitrogens is 2. The predicted octanol–water partition coefficient (Wildman–Crippen LogP) is 1.69. The molecule has 1 aromatic heterocycles. The van der Waals surface area contributed by atoms with Crippen molar-refractivity contribution in [1.29, 1.82) is 0 Å². The molecule has 1 heterocycles. The van der Waals surface area contributed by atoms with E-state index in [0.29, 0.717) is 4.77 Å². The Bertz CT molecular complexity index is 377. The number of hydrogen-bond donors (Lipinski definition) is 2. The van der Waals surface area contributed by atoms with Gasteiger partial charge in [0.15, 0.2) is 4.77 Å². The summed E-state index contributed by atoms with van der Waals surface area (Å²) in [6.45, 7) is 3.87. The van der Waals surface area contributed by atoms with Crippen LogP contribution in [-0.2, 0) is 6.42 Å². The molecule has 0 unspecified atom stereocenters. The van der Waals surface area contributed by atoms with Crippen LogP contribution in [0.3, 0.4) is 0 Å². The third-order valence-corrected chi connectivity index (χ3v) is 1.99. The smallest absolute Gasteiger partial charge is 0.254 e. The monoisotopic (exact) mass is 184 g/mol. The molecule has 1 aromatic rings. The number of H-pyrrole nitrogens is 2. The van der Waals surface area contributed by atoms with E-state index in [1.165, 1.54) is 0 Å². The maximum Gasteiger partial charge on any atom is 0.254 e. The predicted molar refractivity (Wildman–Crippen MR) is 51.0 cm³/mol. The number of aromatic amines is 2. The van der Waals surface area contributed by atoms with Crippen molar-refractivity contribution in [2.75, 3.05) is 0 Å². The third kappa shape index (κ3) is 1.82. The van der Waals surface area contributed by atoms with Crippen LogP contribution in [0, 0.1) is 11.7 Å². The Balaban J connectivity index is 3.28. The lowest BCUT2D eigenvalue weighted by Crippen LogP contribution is -2.14. The van der Waals surface area contributed by atoms with Crippen LogP contribution >= 0.6 is 12.2 Å². The van der Waals surface area contributed by atoms with Gasteiger partial charge in [0.2, 0.25) is 0 Å². The van der Waals surface area contributed by atoms with Gasteiger partial charge in [-0.3, -0.25) is 9.78 Å². The molecule has 0 atom stereocenters. The van der Waals surface area contributed by atoms with Gasteiger partial charge in [0.25, 0.3) is 5.56 Å². The van der Waals surface area contributed by atoms with Crippen molar-refractivity contribution in [2.45, 2.75) is 26.7 Å². The Morgan fingerprint density at radius 3 is 2.67 bits per heavy atom. The zero-order chi connectivity index (χ0) is 9.14. The highest BCUT2D eigenvalue weighted by atomic mass is 32.1. The fraction of sp³-hybridized carbons (Fsp3) is 0.500. The molecule has 0 radical (unpaired) electrons. The summed E-state index contributed by atoms with van der Waals surface area (Å²) >= 11 is 4.85. The third-order valence-electron chi connectivity index (χ3n) is 1.78. The Hall–Kier alpha value is -0.900. The Morgan fingerprint density at radius 1 is 1.42 bits per heavy atom. The molecule has 0 saturated carbocycles. The van der Waals surface area contributed by atoms with Crippen molar-refractivity contribution in [3.05, 3.63) is 26.4 Å². The van der Waals surface area contributed by atoms with E-state index in [4.69, 9.17) is 12.2 Å². The van der Waals surface area contributed by atoms with Gasteiger partial charge in [-0.05, 0) is 25.6 Å². The van der Waals surface area contributed by atoms with Crippen molar-refractivity contribution in [1.82, 2.24) is 9.97 Å². The van der Waals surface area contributed by atoms with Crippen molar-refractivity contribution in [3.63, 3.8) is 0 Å². The van der Waals surface area contributed by atoms with Gasteiger partial charge >= 0.3 is 0 Å². The van der Waals surface area contributed by atoms with Crippen LogP contribution in [0.15, 0.2) is 4.79 Å². The normalized spacial score (nSPS) is 10.2. The van der Waals surface area contributed by atoms with E-state index >= 15 is 0 Å². The average molecular weight is 184 g/mol. The molecule has 0 amide bonds. The molecule has 3 nitrogen and oxygen atoms in total. The molecule has 0 saturated heterocycles. The van der Waals surface area contributed by atoms with Crippen LogP contribution in [0.4, 0.5) is 0 Å². The van der Waals surface area contributed by atoms with Crippen molar-refractivity contribution >= 4 is 12.2 Å². The lowest BCUT2D eigenvalue weighted by Gasteiger charge is -2.01. The van der Waals surface area contributed by atoms with Crippen LogP contribution in [-0.4, -0.2) is 9.97 Å². The van der Waals surface area contributed by atoms with Gasteiger partial charge in [-0.25, -0.2) is 0 Å². The van der Waals surface area contributed by atoms with E-state index < -0.39 is 0 Å². The van der Waals surface area contributed by atoms with E-state index in [0.717, 1.165) is 24.1 Å². The summed E-state index contributed by atoms with van der Waals surface area (Å²) in [5, 5.41) is 0. The summed E-state index contributed by atoms with van der Waals surface area (Å²) in [5.41, 5.74) is 1.61. The first kappa shape index (κ1) is 9.19. The van der Waals surface area contributed by atoms with E-state index in [1.54, 1.807) is 6.92 Å². The first-order chi connectivity index (χ1) is 5.65. The molecular formula is C8H12N2OS. The van der Waals surface area contributed by atoms with Gasteiger partial charge in [0, 0.05) is 11.3 Å². The highest BCUT2D eigenvalue weighted by Gasteiger charge is 2.00. The average Bonchev–Trinajstić information content (AvgIpc) is 2.00. The number of rotatable bonds is 2. The molecular weight excluding hydrogens is 172 g/mol. The second-order valence-corrected chi connectivity index (χ2v) is 3.17. The summed E-state index contributed by atoms with van der Waals surface area (Å²) in [6.07, 6.45) is 1.88. The minimum absolute atomic E-state index is 0.0813. The largest absolute Gasteiger partial charge is 0.336 e. The van der Waals surface area contributed by atoms with Crippen LogP contribution in [0.25, 0.3) is 0 Å². The van der Waals surface area contributed by atoms with Crippen LogP contribution in [0.1, 0.15) is 24.6 Å². The highest BCUT2D eigenvalue weighted by molar-refractivity contribution is 7.71. The minimum atomic E-state index is -0.0813. The fourth-order valence-electron chi connectivity index (χ4n) is 1.10. The number of hydrogen-bond acceptors (Lipinski definition) is 2. The molecule has 12 heavy (non-hydrogen) atoms. The van der Waals surface area contributed by atoms with Gasteiger partial charge in [-0.15, -0.1) is 0 Å². The number of nitrogens with one attached hydrogen (secondary N) is 2. The van der Waals surface area contributed by atoms with E-state index in [9.17, 15) is 4.79 Å². The molecule has 66 valence electrons.